The quantitative estimate of drug-likeness (QED) is 0.737. The van der Waals surface area contributed by atoms with Gasteiger partial charge in [-0.3, -0.25) is 4.90 Å². The molecule has 3 aliphatic heterocycles. The summed E-state index contributed by atoms with van der Waals surface area (Å²) in [5.41, 5.74) is 0. The average Bonchev–Trinajstić information content (AvgIpc) is 2.62. The Morgan fingerprint density at radius 1 is 0.750 bits per heavy atom. The van der Waals surface area contributed by atoms with Crippen molar-refractivity contribution in [3.63, 3.8) is 0 Å². The third kappa shape index (κ3) is 5.69. The summed E-state index contributed by atoms with van der Waals surface area (Å²) in [7, 11) is 0. The highest BCUT2D eigenvalue weighted by Crippen LogP contribution is 2.21. The molecule has 0 aliphatic carbocycles. The van der Waals surface area contributed by atoms with Gasteiger partial charge in [-0.05, 0) is 51.4 Å². The van der Waals surface area contributed by atoms with Crippen LogP contribution in [0, 0.1) is 5.92 Å². The van der Waals surface area contributed by atoms with E-state index in [0.717, 1.165) is 12.0 Å². The number of piperazine rings is 1. The van der Waals surface area contributed by atoms with Crippen molar-refractivity contribution in [2.45, 2.75) is 53.0 Å². The highest BCUT2D eigenvalue weighted by molar-refractivity contribution is 4.86. The second-order valence-electron chi connectivity index (χ2n) is 7.63. The molecular formula is C20H42N4. The van der Waals surface area contributed by atoms with Crippen molar-refractivity contribution in [2.75, 3.05) is 72.0 Å². The SMILES string of the molecule is CC.CCCN1CC(CN2CCN(C3CCN(CC)CC3)CC2)C1. The highest BCUT2D eigenvalue weighted by atomic mass is 15.3. The Hall–Kier alpha value is -0.160. The molecule has 24 heavy (non-hydrogen) atoms. The molecule has 0 saturated carbocycles. The molecule has 0 spiro atoms. The number of hydrogen-bond acceptors (Lipinski definition) is 4. The molecule has 0 unspecified atom stereocenters. The van der Waals surface area contributed by atoms with Crippen LogP contribution >= 0.6 is 0 Å². The second kappa shape index (κ2) is 10.7. The van der Waals surface area contributed by atoms with E-state index in [4.69, 9.17) is 0 Å². The molecule has 4 heteroatoms. The Balaban J connectivity index is 0.00000100. The van der Waals surface area contributed by atoms with E-state index in [9.17, 15) is 0 Å². The van der Waals surface area contributed by atoms with E-state index in [2.05, 4.69) is 33.4 Å². The van der Waals surface area contributed by atoms with Gasteiger partial charge in [0.1, 0.15) is 0 Å². The van der Waals surface area contributed by atoms with Crippen LogP contribution in [-0.2, 0) is 0 Å². The molecule has 0 N–H and O–H groups in total. The molecule has 0 aromatic heterocycles. The minimum absolute atomic E-state index is 0.869. The molecule has 3 rings (SSSR count). The standard InChI is InChI=1S/C18H36N4.C2H6/c1-3-7-21-15-17(16-21)14-20-10-12-22(13-11-20)18-5-8-19(4-2)9-6-18;1-2/h17-18H,3-16H2,1-2H3;1-2H3. The fourth-order valence-electron chi connectivity index (χ4n) is 4.57. The summed E-state index contributed by atoms with van der Waals surface area (Å²) in [4.78, 5) is 10.7. The molecule has 0 radical (unpaired) electrons. The van der Waals surface area contributed by atoms with Gasteiger partial charge in [-0.25, -0.2) is 0 Å². The van der Waals surface area contributed by atoms with Crippen LogP contribution in [0.1, 0.15) is 47.0 Å². The number of likely N-dealkylation sites (tertiary alicyclic amines) is 2. The summed E-state index contributed by atoms with van der Waals surface area (Å²) in [5.74, 6) is 0.950. The molecule has 0 bridgehead atoms. The summed E-state index contributed by atoms with van der Waals surface area (Å²) in [6, 6.07) is 0.869. The largest absolute Gasteiger partial charge is 0.303 e. The number of nitrogens with zero attached hydrogens (tertiary/aromatic N) is 4. The van der Waals surface area contributed by atoms with Gasteiger partial charge in [0.25, 0.3) is 0 Å². The third-order valence-electron chi connectivity index (χ3n) is 6.02. The first-order valence-corrected chi connectivity index (χ1v) is 10.7. The van der Waals surface area contributed by atoms with Crippen LogP contribution in [0.25, 0.3) is 0 Å². The van der Waals surface area contributed by atoms with Crippen molar-refractivity contribution in [1.82, 2.24) is 19.6 Å². The summed E-state index contributed by atoms with van der Waals surface area (Å²) in [6.45, 7) is 23.0. The lowest BCUT2D eigenvalue weighted by Gasteiger charge is -2.46. The number of piperidine rings is 1. The van der Waals surface area contributed by atoms with Gasteiger partial charge < -0.3 is 14.7 Å². The van der Waals surface area contributed by atoms with E-state index in [0.29, 0.717) is 0 Å². The van der Waals surface area contributed by atoms with E-state index >= 15 is 0 Å². The summed E-state index contributed by atoms with van der Waals surface area (Å²) in [5, 5.41) is 0. The topological polar surface area (TPSA) is 13.0 Å². The minimum atomic E-state index is 0.869. The zero-order chi connectivity index (χ0) is 17.4. The number of rotatable bonds is 6. The van der Waals surface area contributed by atoms with Gasteiger partial charge in [-0.15, -0.1) is 0 Å². The monoisotopic (exact) mass is 338 g/mol. The fourth-order valence-corrected chi connectivity index (χ4v) is 4.57. The zero-order valence-electron chi connectivity index (χ0n) is 16.8. The molecule has 0 aromatic rings. The van der Waals surface area contributed by atoms with Crippen molar-refractivity contribution in [3.8, 4) is 0 Å². The second-order valence-corrected chi connectivity index (χ2v) is 7.63. The fraction of sp³-hybridized carbons (Fsp3) is 1.00. The molecule has 0 amide bonds. The Labute approximate surface area is 151 Å². The smallest absolute Gasteiger partial charge is 0.0121 e. The van der Waals surface area contributed by atoms with Gasteiger partial charge in [0.15, 0.2) is 0 Å². The van der Waals surface area contributed by atoms with E-state index in [1.165, 1.54) is 91.3 Å². The Kier molecular flexibility index (Phi) is 9.02. The van der Waals surface area contributed by atoms with Gasteiger partial charge in [-0.2, -0.15) is 0 Å². The van der Waals surface area contributed by atoms with Crippen molar-refractivity contribution in [2.24, 2.45) is 5.92 Å². The van der Waals surface area contributed by atoms with Crippen LogP contribution in [0.2, 0.25) is 0 Å². The van der Waals surface area contributed by atoms with Gasteiger partial charge in [-0.1, -0.05) is 27.7 Å². The molecule has 3 saturated heterocycles. The van der Waals surface area contributed by atoms with E-state index in [-0.39, 0.29) is 0 Å². The lowest BCUT2D eigenvalue weighted by Crippen LogP contribution is -2.56. The van der Waals surface area contributed by atoms with Crippen LogP contribution in [-0.4, -0.2) is 97.6 Å². The van der Waals surface area contributed by atoms with Crippen LogP contribution in [0.15, 0.2) is 0 Å². The maximum Gasteiger partial charge on any atom is 0.0121 e. The molecule has 3 fully saturated rings. The third-order valence-corrected chi connectivity index (χ3v) is 6.02. The van der Waals surface area contributed by atoms with Gasteiger partial charge in [0.2, 0.25) is 0 Å². The van der Waals surface area contributed by atoms with Crippen LogP contribution in [0.3, 0.4) is 0 Å². The van der Waals surface area contributed by atoms with Crippen LogP contribution in [0.5, 0.6) is 0 Å². The zero-order valence-corrected chi connectivity index (χ0v) is 16.8. The van der Waals surface area contributed by atoms with Gasteiger partial charge in [0.05, 0.1) is 0 Å². The van der Waals surface area contributed by atoms with Gasteiger partial charge >= 0.3 is 0 Å². The van der Waals surface area contributed by atoms with E-state index in [1.807, 2.05) is 13.8 Å². The molecule has 4 nitrogen and oxygen atoms in total. The van der Waals surface area contributed by atoms with E-state index in [1.54, 1.807) is 0 Å². The van der Waals surface area contributed by atoms with E-state index < -0.39 is 0 Å². The first-order valence-electron chi connectivity index (χ1n) is 10.7. The van der Waals surface area contributed by atoms with Crippen LogP contribution in [0.4, 0.5) is 0 Å². The summed E-state index contributed by atoms with van der Waals surface area (Å²) < 4.78 is 0. The maximum absolute atomic E-state index is 2.79. The minimum Gasteiger partial charge on any atom is -0.303 e. The molecule has 0 atom stereocenters. The predicted molar refractivity (Wildman–Crippen MR) is 105 cm³/mol. The molecule has 3 aliphatic rings. The van der Waals surface area contributed by atoms with Crippen molar-refractivity contribution >= 4 is 0 Å². The molecule has 3 heterocycles. The number of hydrogen-bond donors (Lipinski definition) is 0. The molecule has 0 aromatic carbocycles. The summed E-state index contributed by atoms with van der Waals surface area (Å²) >= 11 is 0. The van der Waals surface area contributed by atoms with Crippen LogP contribution < -0.4 is 0 Å². The lowest BCUT2D eigenvalue weighted by atomic mass is 9.98. The van der Waals surface area contributed by atoms with Crippen molar-refractivity contribution in [1.29, 1.82) is 0 Å². The maximum atomic E-state index is 2.79. The van der Waals surface area contributed by atoms with Gasteiger partial charge in [0, 0.05) is 51.9 Å². The first-order chi connectivity index (χ1) is 11.8. The first kappa shape index (κ1) is 20.2. The average molecular weight is 339 g/mol. The lowest BCUT2D eigenvalue weighted by molar-refractivity contribution is 0.0266. The van der Waals surface area contributed by atoms with Crippen molar-refractivity contribution < 1.29 is 0 Å². The van der Waals surface area contributed by atoms with Crippen molar-refractivity contribution in [3.05, 3.63) is 0 Å². The molecular weight excluding hydrogens is 296 g/mol. The summed E-state index contributed by atoms with van der Waals surface area (Å²) in [6.07, 6.45) is 4.09. The molecule has 142 valence electrons. The normalized spacial score (nSPS) is 26.0. The predicted octanol–water partition coefficient (Wildman–Crippen LogP) is 2.46. The Morgan fingerprint density at radius 3 is 1.92 bits per heavy atom. The highest BCUT2D eigenvalue weighted by Gasteiger charge is 2.30. The Morgan fingerprint density at radius 2 is 1.38 bits per heavy atom. The Bertz CT molecular complexity index is 314.